The van der Waals surface area contributed by atoms with Crippen LogP contribution in [0.3, 0.4) is 0 Å². The summed E-state index contributed by atoms with van der Waals surface area (Å²) in [7, 11) is 0. The molecule has 0 aliphatic heterocycles. The molecule has 6 aliphatic carbocycles. The van der Waals surface area contributed by atoms with Crippen molar-refractivity contribution in [2.75, 3.05) is 0 Å². The third-order valence-corrected chi connectivity index (χ3v) is 17.5. The number of fused-ring (bicyclic) bond motifs is 7. The highest BCUT2D eigenvalue weighted by Crippen LogP contribution is 2.77. The molecule has 8 rings (SSSR count). The Labute approximate surface area is 332 Å². The first-order valence-electron chi connectivity index (χ1n) is 21.0. The van der Waals surface area contributed by atoms with Gasteiger partial charge >= 0.3 is 11.9 Å². The molecule has 0 radical (unpaired) electrons. The zero-order valence-corrected chi connectivity index (χ0v) is 35.2. The first-order chi connectivity index (χ1) is 25.7. The number of esters is 1. The summed E-state index contributed by atoms with van der Waals surface area (Å²) in [6, 6.07) is 8.00. The molecule has 5 saturated carbocycles. The molecule has 0 saturated heterocycles. The van der Waals surface area contributed by atoms with Crippen LogP contribution in [0.4, 0.5) is 0 Å². The Hall–Kier alpha value is -3.00. The van der Waals surface area contributed by atoms with E-state index in [4.69, 9.17) is 31.0 Å². The summed E-state index contributed by atoms with van der Waals surface area (Å²) in [6.45, 7) is 19.7. The molecule has 1 N–H and O–H groups in total. The van der Waals surface area contributed by atoms with Crippen LogP contribution in [0.5, 0.6) is 0 Å². The van der Waals surface area contributed by atoms with Crippen LogP contribution in [-0.2, 0) is 30.0 Å². The molecule has 55 heavy (non-hydrogen) atoms. The number of ether oxygens (including phenoxy) is 1. The number of hydrogen-bond acceptors (Lipinski definition) is 7. The third kappa shape index (κ3) is 5.44. The van der Waals surface area contributed by atoms with E-state index < -0.39 is 22.8 Å². The molecular weight excluding hydrogens is 712 g/mol. The van der Waals surface area contributed by atoms with Crippen LogP contribution in [-0.4, -0.2) is 39.1 Å². The second kappa shape index (κ2) is 12.5. The summed E-state index contributed by atoms with van der Waals surface area (Å²) >= 11 is 6.25. The predicted molar refractivity (Wildman–Crippen MR) is 210 cm³/mol. The van der Waals surface area contributed by atoms with E-state index in [1.165, 1.54) is 5.57 Å². The van der Waals surface area contributed by atoms with Crippen molar-refractivity contribution >= 4 is 29.3 Å². The van der Waals surface area contributed by atoms with Crippen molar-refractivity contribution in [1.82, 2.24) is 10.2 Å². The summed E-state index contributed by atoms with van der Waals surface area (Å²) in [5, 5.41) is 19.9. The Bertz CT molecular complexity index is 1960. The van der Waals surface area contributed by atoms with Gasteiger partial charge in [0.1, 0.15) is 6.10 Å². The van der Waals surface area contributed by atoms with Gasteiger partial charge in [-0.2, -0.15) is 0 Å². The van der Waals surface area contributed by atoms with Crippen molar-refractivity contribution in [3.8, 4) is 0 Å². The number of hydrogen-bond donors (Lipinski definition) is 1. The number of halogens is 1. The Balaban J connectivity index is 1.10. The summed E-state index contributed by atoms with van der Waals surface area (Å²) < 4.78 is 13.0. The van der Waals surface area contributed by atoms with Crippen LogP contribution in [0.1, 0.15) is 157 Å². The number of carboxylic acid groups (broad SMARTS) is 1. The average molecular weight is 773 g/mol. The molecular formula is C46H61ClN2O6. The molecule has 1 heterocycles. The van der Waals surface area contributed by atoms with Gasteiger partial charge in [-0.15, -0.1) is 10.2 Å². The number of carboxylic acids is 1. The molecule has 1 aromatic carbocycles. The average Bonchev–Trinajstić information content (AvgIpc) is 3.62. The second-order valence-corrected chi connectivity index (χ2v) is 21.4. The topological polar surface area (TPSA) is 120 Å². The largest absolute Gasteiger partial charge is 0.481 e. The Morgan fingerprint density at radius 1 is 0.873 bits per heavy atom. The Kier molecular flexibility index (Phi) is 8.83. The highest BCUT2D eigenvalue weighted by molar-refractivity contribution is 6.30. The van der Waals surface area contributed by atoms with Crippen molar-refractivity contribution in [1.29, 1.82) is 0 Å². The number of nitrogens with zero attached hydrogens (tertiary/aromatic N) is 2. The third-order valence-electron chi connectivity index (χ3n) is 17.2. The van der Waals surface area contributed by atoms with Crippen molar-refractivity contribution in [2.24, 2.45) is 50.7 Å². The minimum atomic E-state index is -1.17. The van der Waals surface area contributed by atoms with Crippen LogP contribution in [0.2, 0.25) is 5.02 Å². The molecule has 8 atom stereocenters. The van der Waals surface area contributed by atoms with E-state index in [2.05, 4.69) is 60.6 Å². The standard InChI is InChI=1S/C46H61ClN2O6/c1-26(2)35-30(50)24-46(38-49-48-37(55-38)45(22-23-45)27-10-12-28(47)13-11-27)21-20-43(8)29(36(35)46)14-15-32-42(7)18-17-33(54-34(51)25-40(3,4)39(52)53)41(5,6)31(42)16-19-44(32,43)9/h10-13,26,29,31-33H,14-25H2,1-9H3,(H,52,53). The highest BCUT2D eigenvalue weighted by atomic mass is 35.5. The van der Waals surface area contributed by atoms with Gasteiger partial charge in [-0.25, -0.2) is 0 Å². The van der Waals surface area contributed by atoms with E-state index >= 15 is 0 Å². The quantitative estimate of drug-likeness (QED) is 0.263. The van der Waals surface area contributed by atoms with E-state index in [0.717, 1.165) is 75.3 Å². The minimum absolute atomic E-state index is 0.0206. The normalized spacial score (nSPS) is 37.5. The van der Waals surface area contributed by atoms with Crippen molar-refractivity contribution in [3.63, 3.8) is 0 Å². The molecule has 2 aromatic rings. The SMILES string of the molecule is CC(C)C1=C2C3CCC4C5(C)CCC(OC(=O)CC(C)(C)C(=O)O)C(C)(C)C5CCC4(C)C3(C)CCC2(c2nnc(C3(c4ccc(Cl)cc4)CC3)o2)CC1=O. The monoisotopic (exact) mass is 772 g/mol. The lowest BCUT2D eigenvalue weighted by Gasteiger charge is -2.72. The zero-order valence-electron chi connectivity index (χ0n) is 34.4. The predicted octanol–water partition coefficient (Wildman–Crippen LogP) is 10.4. The number of carbonyl (C=O) groups is 3. The fourth-order valence-electron chi connectivity index (χ4n) is 13.8. The van der Waals surface area contributed by atoms with Crippen molar-refractivity contribution in [2.45, 2.75) is 156 Å². The van der Waals surface area contributed by atoms with Crippen LogP contribution < -0.4 is 0 Å². The molecule has 6 aliphatic rings. The van der Waals surface area contributed by atoms with Gasteiger partial charge in [-0.1, -0.05) is 72.2 Å². The number of allylic oxidation sites excluding steroid dienone is 2. The molecule has 0 amide bonds. The van der Waals surface area contributed by atoms with Gasteiger partial charge in [0, 0.05) is 16.9 Å². The molecule has 9 heteroatoms. The van der Waals surface area contributed by atoms with Crippen molar-refractivity contribution in [3.05, 3.63) is 57.8 Å². The van der Waals surface area contributed by atoms with E-state index in [-0.39, 0.29) is 57.2 Å². The summed E-state index contributed by atoms with van der Waals surface area (Å²) in [5.74, 6) is 1.34. The lowest BCUT2D eigenvalue weighted by Crippen LogP contribution is -2.66. The number of carbonyl (C=O) groups excluding carboxylic acids is 2. The summed E-state index contributed by atoms with van der Waals surface area (Å²) in [6.07, 6.45) is 9.76. The Morgan fingerprint density at radius 3 is 2.13 bits per heavy atom. The number of aromatic nitrogens is 2. The first kappa shape index (κ1) is 38.9. The number of rotatable bonds is 8. The maximum absolute atomic E-state index is 14.3. The number of benzene rings is 1. The maximum Gasteiger partial charge on any atom is 0.309 e. The second-order valence-electron chi connectivity index (χ2n) is 21.0. The molecule has 1 aromatic heterocycles. The zero-order chi connectivity index (χ0) is 39.7. The summed E-state index contributed by atoms with van der Waals surface area (Å²) in [5.41, 5.74) is 1.28. The van der Waals surface area contributed by atoms with Crippen LogP contribution in [0, 0.1) is 50.7 Å². The van der Waals surface area contributed by atoms with Crippen LogP contribution in [0.15, 0.2) is 39.8 Å². The minimum Gasteiger partial charge on any atom is -0.481 e. The number of Topliss-reactive ketones (excluding diaryl/α,β-unsaturated/α-hetero) is 1. The van der Waals surface area contributed by atoms with E-state index in [0.29, 0.717) is 35.1 Å². The molecule has 5 fully saturated rings. The van der Waals surface area contributed by atoms with Gasteiger partial charge in [0.05, 0.1) is 22.7 Å². The van der Waals surface area contributed by atoms with Crippen LogP contribution in [0.25, 0.3) is 0 Å². The van der Waals surface area contributed by atoms with Gasteiger partial charge in [0.2, 0.25) is 11.8 Å². The lowest BCUT2D eigenvalue weighted by atomic mass is 9.33. The molecule has 0 bridgehead atoms. The van der Waals surface area contributed by atoms with Crippen LogP contribution >= 0.6 is 11.6 Å². The van der Waals surface area contributed by atoms with Gasteiger partial charge in [-0.3, -0.25) is 14.4 Å². The van der Waals surface area contributed by atoms with Gasteiger partial charge in [0.15, 0.2) is 5.78 Å². The highest BCUT2D eigenvalue weighted by Gasteiger charge is 2.71. The van der Waals surface area contributed by atoms with E-state index in [1.54, 1.807) is 13.8 Å². The maximum atomic E-state index is 14.3. The Morgan fingerprint density at radius 2 is 1.51 bits per heavy atom. The van der Waals surface area contributed by atoms with Crippen molar-refractivity contribution < 1.29 is 28.6 Å². The molecule has 8 nitrogen and oxygen atoms in total. The molecule has 298 valence electrons. The number of aliphatic carboxylic acids is 1. The van der Waals surface area contributed by atoms with Gasteiger partial charge in [-0.05, 0) is 147 Å². The molecule has 8 unspecified atom stereocenters. The number of ketones is 1. The van der Waals surface area contributed by atoms with E-state index in [1.807, 2.05) is 12.1 Å². The smallest absolute Gasteiger partial charge is 0.309 e. The van der Waals surface area contributed by atoms with E-state index in [9.17, 15) is 19.5 Å². The van der Waals surface area contributed by atoms with Gasteiger partial charge in [0.25, 0.3) is 0 Å². The first-order valence-corrected chi connectivity index (χ1v) is 21.4. The summed E-state index contributed by atoms with van der Waals surface area (Å²) in [4.78, 5) is 39.2. The fraction of sp³-hybridized carbons (Fsp3) is 0.717. The fourth-order valence-corrected chi connectivity index (χ4v) is 14.0. The lowest BCUT2D eigenvalue weighted by molar-refractivity contribution is -0.232. The molecule has 0 spiro atoms. The van der Waals surface area contributed by atoms with Gasteiger partial charge < -0.3 is 14.3 Å².